The molecule has 0 aromatic heterocycles. The van der Waals surface area contributed by atoms with Crippen LogP contribution in [-0.4, -0.2) is 23.4 Å². The van der Waals surface area contributed by atoms with Gasteiger partial charge in [-0.05, 0) is 12.2 Å². The molecule has 0 bridgehead atoms. The lowest BCUT2D eigenvalue weighted by atomic mass is 10.1. The summed E-state index contributed by atoms with van der Waals surface area (Å²) in [6, 6.07) is 0. The van der Waals surface area contributed by atoms with Crippen LogP contribution in [0.15, 0.2) is 0 Å². The maximum atomic E-state index is 11.9. The molecule has 0 radical (unpaired) electrons. The number of hydrogen-bond donors (Lipinski definition) is 3. The number of carbonyl (C=O) groups is 1. The van der Waals surface area contributed by atoms with Crippen LogP contribution in [0.1, 0.15) is 0 Å². The van der Waals surface area contributed by atoms with E-state index in [1.807, 2.05) is 0 Å². The van der Waals surface area contributed by atoms with Crippen molar-refractivity contribution in [3.63, 3.8) is 0 Å². The molecule has 0 spiro atoms. The molecule has 16 heavy (non-hydrogen) atoms. The fraction of sp³-hybridized carbons (Fsp3) is 0.600. The van der Waals surface area contributed by atoms with Crippen molar-refractivity contribution in [1.29, 1.82) is 0 Å². The van der Waals surface area contributed by atoms with Gasteiger partial charge in [0.25, 0.3) is 5.91 Å². The van der Waals surface area contributed by atoms with Crippen LogP contribution in [0.25, 0.3) is 0 Å². The molecule has 4 nitrogen and oxygen atoms in total. The lowest BCUT2D eigenvalue weighted by molar-refractivity contribution is -0.274. The molecule has 4 N–H and O–H groups in total. The van der Waals surface area contributed by atoms with E-state index in [1.54, 1.807) is 0 Å². The zero-order valence-electron chi connectivity index (χ0n) is 7.24. The van der Waals surface area contributed by atoms with Crippen LogP contribution in [0.2, 0.25) is 0 Å². The van der Waals surface area contributed by atoms with Gasteiger partial charge in [-0.2, -0.15) is 26.3 Å². The molecule has 1 amide bonds. The second-order valence-electron chi connectivity index (χ2n) is 2.49. The Morgan fingerprint density at radius 2 is 1.44 bits per heavy atom. The Balaban J connectivity index is 4.80. The quantitative estimate of drug-likeness (QED) is 0.370. The van der Waals surface area contributed by atoms with Crippen LogP contribution < -0.4 is 16.6 Å². The minimum atomic E-state index is -5.75. The number of nitrogens with one attached hydrogen (secondary N) is 2. The number of thiocarbonyl (C=S) groups is 1. The molecular formula is C5H5F6N3OS. The van der Waals surface area contributed by atoms with Crippen molar-refractivity contribution in [2.24, 2.45) is 11.7 Å². The predicted octanol–water partition coefficient (Wildman–Crippen LogP) is 0.592. The van der Waals surface area contributed by atoms with Crippen LogP contribution in [0.3, 0.4) is 0 Å². The smallest absolute Gasteiger partial charge is 0.375 e. The van der Waals surface area contributed by atoms with Gasteiger partial charge in [0.15, 0.2) is 5.11 Å². The Bertz CT molecular complexity index is 273. The first kappa shape index (κ1) is 14.7. The van der Waals surface area contributed by atoms with Gasteiger partial charge in [-0.1, -0.05) is 0 Å². The number of hydrogen-bond acceptors (Lipinski definition) is 2. The Labute approximate surface area is 90.1 Å². The summed E-state index contributed by atoms with van der Waals surface area (Å²) in [5.41, 5.74) is 7.28. The maximum Gasteiger partial charge on any atom is 0.409 e. The summed E-state index contributed by atoms with van der Waals surface area (Å²) in [6.45, 7) is 0. The summed E-state index contributed by atoms with van der Waals surface area (Å²) in [4.78, 5) is 10.6. The largest absolute Gasteiger partial charge is 0.409 e. The van der Waals surface area contributed by atoms with Gasteiger partial charge in [0.05, 0.1) is 0 Å². The Morgan fingerprint density at radius 3 is 1.69 bits per heavy atom. The van der Waals surface area contributed by atoms with Crippen molar-refractivity contribution in [2.75, 3.05) is 0 Å². The van der Waals surface area contributed by atoms with Crippen molar-refractivity contribution >= 4 is 23.2 Å². The zero-order valence-corrected chi connectivity index (χ0v) is 8.06. The van der Waals surface area contributed by atoms with Crippen LogP contribution in [0, 0.1) is 5.92 Å². The Hall–Kier alpha value is -1.26. The molecule has 0 fully saturated rings. The van der Waals surface area contributed by atoms with E-state index in [1.165, 1.54) is 5.43 Å². The van der Waals surface area contributed by atoms with E-state index in [-0.39, 0.29) is 0 Å². The minimum absolute atomic E-state index is 0.670. The van der Waals surface area contributed by atoms with E-state index in [0.717, 1.165) is 5.43 Å². The summed E-state index contributed by atoms with van der Waals surface area (Å²) in [7, 11) is 0. The standard InChI is InChI=1S/C5H5F6N3OS/c6-4(7,8)1(5(9,10)11)2(15)13-14-3(12)16/h1H,(H,13,15)(H3,12,14,16). The molecule has 0 rings (SSSR count). The topological polar surface area (TPSA) is 67.2 Å². The van der Waals surface area contributed by atoms with Crippen LogP contribution in [-0.2, 0) is 4.79 Å². The average Bonchev–Trinajstić information content (AvgIpc) is 1.94. The van der Waals surface area contributed by atoms with Gasteiger partial charge in [-0.3, -0.25) is 15.6 Å². The van der Waals surface area contributed by atoms with E-state index in [9.17, 15) is 31.1 Å². The Morgan fingerprint density at radius 1 is 1.06 bits per heavy atom. The lowest BCUT2D eigenvalue weighted by Crippen LogP contribution is -2.53. The predicted molar refractivity (Wildman–Crippen MR) is 43.7 cm³/mol. The minimum Gasteiger partial charge on any atom is -0.375 e. The summed E-state index contributed by atoms with van der Waals surface area (Å²) >= 11 is 4.08. The molecule has 0 aromatic carbocycles. The summed E-state index contributed by atoms with van der Waals surface area (Å²) < 4.78 is 71.5. The third-order valence-corrected chi connectivity index (χ3v) is 1.33. The van der Waals surface area contributed by atoms with Gasteiger partial charge in [-0.25, -0.2) is 0 Å². The normalized spacial score (nSPS) is 12.4. The Kier molecular flexibility index (Phi) is 4.35. The number of nitrogens with two attached hydrogens (primary N) is 1. The number of carbonyl (C=O) groups excluding carboxylic acids is 1. The van der Waals surface area contributed by atoms with Gasteiger partial charge in [0, 0.05) is 0 Å². The summed E-state index contributed by atoms with van der Waals surface area (Å²) in [6.07, 6.45) is -11.5. The maximum absolute atomic E-state index is 11.9. The molecule has 0 atom stereocenters. The first-order valence-electron chi connectivity index (χ1n) is 3.45. The molecule has 0 aliphatic rings. The number of hydrazine groups is 1. The third-order valence-electron chi connectivity index (χ3n) is 1.23. The van der Waals surface area contributed by atoms with Crippen LogP contribution >= 0.6 is 12.2 Å². The van der Waals surface area contributed by atoms with Crippen molar-refractivity contribution < 1.29 is 31.1 Å². The third kappa shape index (κ3) is 4.51. The monoisotopic (exact) mass is 269 g/mol. The van der Waals surface area contributed by atoms with E-state index in [2.05, 4.69) is 12.2 Å². The highest BCUT2D eigenvalue weighted by molar-refractivity contribution is 7.80. The van der Waals surface area contributed by atoms with E-state index in [0.29, 0.717) is 0 Å². The molecule has 11 heteroatoms. The van der Waals surface area contributed by atoms with E-state index >= 15 is 0 Å². The highest BCUT2D eigenvalue weighted by Crippen LogP contribution is 2.39. The molecule has 0 aliphatic heterocycles. The molecule has 0 aliphatic carbocycles. The van der Waals surface area contributed by atoms with Gasteiger partial charge < -0.3 is 5.73 Å². The first-order valence-corrected chi connectivity index (χ1v) is 3.86. The van der Waals surface area contributed by atoms with Gasteiger partial charge in [-0.15, -0.1) is 0 Å². The SMILES string of the molecule is NC(=S)NNC(=O)C(C(F)(F)F)C(F)(F)F. The van der Waals surface area contributed by atoms with Crippen molar-refractivity contribution in [3.05, 3.63) is 0 Å². The number of amides is 1. The second kappa shape index (κ2) is 4.72. The fourth-order valence-electron chi connectivity index (χ4n) is 0.678. The molecule has 94 valence electrons. The lowest BCUT2D eigenvalue weighted by Gasteiger charge is -2.22. The molecule has 0 saturated carbocycles. The van der Waals surface area contributed by atoms with Gasteiger partial charge in [0.1, 0.15) is 0 Å². The van der Waals surface area contributed by atoms with E-state index < -0.39 is 29.3 Å². The second-order valence-corrected chi connectivity index (χ2v) is 2.93. The van der Waals surface area contributed by atoms with E-state index in [4.69, 9.17) is 5.73 Å². The zero-order chi connectivity index (χ0) is 13.1. The number of halogens is 6. The van der Waals surface area contributed by atoms with Crippen LogP contribution in [0.5, 0.6) is 0 Å². The van der Waals surface area contributed by atoms with Crippen LogP contribution in [0.4, 0.5) is 26.3 Å². The number of alkyl halides is 6. The average molecular weight is 269 g/mol. The first-order chi connectivity index (χ1) is 6.96. The van der Waals surface area contributed by atoms with Gasteiger partial charge in [0.2, 0.25) is 5.92 Å². The highest BCUT2D eigenvalue weighted by atomic mass is 32.1. The molecule has 0 unspecified atom stereocenters. The molecule has 0 heterocycles. The van der Waals surface area contributed by atoms with Gasteiger partial charge >= 0.3 is 12.4 Å². The van der Waals surface area contributed by atoms with Crippen molar-refractivity contribution in [3.8, 4) is 0 Å². The summed E-state index contributed by atoms with van der Waals surface area (Å²) in [5, 5.41) is -0.670. The van der Waals surface area contributed by atoms with Crippen molar-refractivity contribution in [2.45, 2.75) is 12.4 Å². The fourth-order valence-corrected chi connectivity index (χ4v) is 0.729. The number of rotatable bonds is 1. The van der Waals surface area contributed by atoms with Crippen molar-refractivity contribution in [1.82, 2.24) is 10.9 Å². The molecular weight excluding hydrogens is 264 g/mol. The highest BCUT2D eigenvalue weighted by Gasteiger charge is 2.61. The molecule has 0 aromatic rings. The molecule has 0 saturated heterocycles. The summed E-state index contributed by atoms with van der Waals surface area (Å²) in [5.74, 6) is -6.48.